The van der Waals surface area contributed by atoms with Gasteiger partial charge < -0.3 is 10.5 Å². The molecule has 0 unspecified atom stereocenters. The summed E-state index contributed by atoms with van der Waals surface area (Å²) in [4.78, 5) is 0. The maximum absolute atomic E-state index is 11.9. The van der Waals surface area contributed by atoms with Crippen LogP contribution in [-0.2, 0) is 6.42 Å². The molecule has 0 heterocycles. The van der Waals surface area contributed by atoms with E-state index in [2.05, 4.69) is 0 Å². The lowest BCUT2D eigenvalue weighted by atomic mass is 10.1. The van der Waals surface area contributed by atoms with Crippen LogP contribution in [0.4, 0.5) is 13.2 Å². The molecule has 2 N–H and O–H groups in total. The Bertz CT molecular complexity index is 325. The monoisotopic (exact) mass is 233 g/mol. The van der Waals surface area contributed by atoms with E-state index in [9.17, 15) is 13.2 Å². The molecule has 0 saturated carbocycles. The molecule has 16 heavy (non-hydrogen) atoms. The van der Waals surface area contributed by atoms with Crippen LogP contribution in [0.2, 0.25) is 0 Å². The fourth-order valence-corrected chi connectivity index (χ4v) is 1.24. The van der Waals surface area contributed by atoms with Crippen molar-refractivity contribution >= 4 is 0 Å². The average molecular weight is 233 g/mol. The molecule has 1 rings (SSSR count). The molecule has 90 valence electrons. The van der Waals surface area contributed by atoms with Crippen LogP contribution in [0, 0.1) is 0 Å². The molecule has 0 bridgehead atoms. The van der Waals surface area contributed by atoms with Gasteiger partial charge in [-0.3, -0.25) is 0 Å². The molecule has 0 saturated heterocycles. The fraction of sp³-hybridized carbons (Fsp3) is 0.455. The van der Waals surface area contributed by atoms with E-state index in [1.54, 1.807) is 18.2 Å². The minimum Gasteiger partial charge on any atom is -0.493 e. The Labute approximate surface area is 92.2 Å². The summed E-state index contributed by atoms with van der Waals surface area (Å²) in [6.45, 7) is 0.154. The van der Waals surface area contributed by atoms with Gasteiger partial charge in [-0.05, 0) is 30.7 Å². The minimum absolute atomic E-state index is 0.352. The molecule has 1 aromatic rings. The van der Waals surface area contributed by atoms with Gasteiger partial charge in [0.2, 0.25) is 0 Å². The van der Waals surface area contributed by atoms with E-state index < -0.39 is 12.6 Å². The Morgan fingerprint density at radius 1 is 1.25 bits per heavy atom. The number of halogens is 3. The molecular weight excluding hydrogens is 219 g/mol. The highest BCUT2D eigenvalue weighted by atomic mass is 19.4. The summed E-state index contributed by atoms with van der Waals surface area (Å²) >= 11 is 0. The molecule has 0 spiro atoms. The zero-order valence-corrected chi connectivity index (χ0v) is 8.76. The second-order valence-corrected chi connectivity index (χ2v) is 3.40. The summed E-state index contributed by atoms with van der Waals surface area (Å²) in [5.74, 6) is 0.454. The number of benzene rings is 1. The zero-order valence-electron chi connectivity index (χ0n) is 8.76. The first-order valence-electron chi connectivity index (χ1n) is 5.00. The van der Waals surface area contributed by atoms with Crippen molar-refractivity contribution in [2.75, 3.05) is 13.2 Å². The predicted octanol–water partition coefficient (Wildman–Crippen LogP) is 2.52. The van der Waals surface area contributed by atoms with Gasteiger partial charge in [0.15, 0.2) is 0 Å². The molecule has 0 aromatic heterocycles. The van der Waals surface area contributed by atoms with Gasteiger partial charge in [0.05, 0.1) is 13.0 Å². The standard InChI is InChI=1S/C11H14F3NO/c12-11(13,14)5-7-16-10-3-1-2-9(8-10)4-6-15/h1-3,8H,4-7,15H2. The van der Waals surface area contributed by atoms with Gasteiger partial charge in [-0.25, -0.2) is 0 Å². The number of hydrogen-bond acceptors (Lipinski definition) is 2. The van der Waals surface area contributed by atoms with Crippen LogP contribution < -0.4 is 10.5 Å². The summed E-state index contributed by atoms with van der Waals surface area (Å²) in [5, 5.41) is 0. The lowest BCUT2D eigenvalue weighted by Crippen LogP contribution is -2.13. The number of rotatable bonds is 5. The second-order valence-electron chi connectivity index (χ2n) is 3.40. The highest BCUT2D eigenvalue weighted by Crippen LogP contribution is 2.20. The van der Waals surface area contributed by atoms with Crippen LogP contribution in [0.15, 0.2) is 24.3 Å². The molecule has 0 radical (unpaired) electrons. The fourth-order valence-electron chi connectivity index (χ4n) is 1.24. The summed E-state index contributed by atoms with van der Waals surface area (Å²) in [5.41, 5.74) is 6.34. The van der Waals surface area contributed by atoms with E-state index in [0.29, 0.717) is 18.7 Å². The second kappa shape index (κ2) is 5.75. The van der Waals surface area contributed by atoms with Crippen molar-refractivity contribution in [1.29, 1.82) is 0 Å². The third-order valence-electron chi connectivity index (χ3n) is 1.99. The van der Waals surface area contributed by atoms with Crippen LogP contribution in [0.3, 0.4) is 0 Å². The first kappa shape index (κ1) is 12.8. The van der Waals surface area contributed by atoms with Crippen molar-refractivity contribution in [2.45, 2.75) is 19.0 Å². The van der Waals surface area contributed by atoms with Crippen LogP contribution in [0.5, 0.6) is 5.75 Å². The molecule has 5 heteroatoms. The maximum atomic E-state index is 11.9. The van der Waals surface area contributed by atoms with Crippen LogP contribution in [0.1, 0.15) is 12.0 Å². The minimum atomic E-state index is -4.17. The lowest BCUT2D eigenvalue weighted by Gasteiger charge is -2.09. The SMILES string of the molecule is NCCc1cccc(OCCC(F)(F)F)c1. The van der Waals surface area contributed by atoms with E-state index in [0.717, 1.165) is 5.56 Å². The van der Waals surface area contributed by atoms with Crippen molar-refractivity contribution in [3.05, 3.63) is 29.8 Å². The maximum Gasteiger partial charge on any atom is 0.392 e. The van der Waals surface area contributed by atoms with Gasteiger partial charge in [-0.1, -0.05) is 12.1 Å². The molecule has 2 nitrogen and oxygen atoms in total. The summed E-state index contributed by atoms with van der Waals surface area (Å²) < 4.78 is 40.6. The van der Waals surface area contributed by atoms with Gasteiger partial charge in [0.1, 0.15) is 5.75 Å². The third kappa shape index (κ3) is 5.02. The number of ether oxygens (including phenoxy) is 1. The van der Waals surface area contributed by atoms with Crippen molar-refractivity contribution in [2.24, 2.45) is 5.73 Å². The van der Waals surface area contributed by atoms with E-state index in [-0.39, 0.29) is 6.61 Å². The first-order chi connectivity index (χ1) is 7.51. The topological polar surface area (TPSA) is 35.2 Å². The predicted molar refractivity (Wildman–Crippen MR) is 55.4 cm³/mol. The molecule has 0 fully saturated rings. The van der Waals surface area contributed by atoms with Gasteiger partial charge in [0.25, 0.3) is 0 Å². The Hall–Kier alpha value is -1.23. The van der Waals surface area contributed by atoms with Crippen LogP contribution in [-0.4, -0.2) is 19.3 Å². The molecule has 0 aliphatic heterocycles. The van der Waals surface area contributed by atoms with E-state index >= 15 is 0 Å². The molecule has 1 aromatic carbocycles. The smallest absolute Gasteiger partial charge is 0.392 e. The van der Waals surface area contributed by atoms with Crippen LogP contribution >= 0.6 is 0 Å². The summed E-state index contributed by atoms with van der Waals surface area (Å²) in [6, 6.07) is 6.96. The third-order valence-corrected chi connectivity index (χ3v) is 1.99. The van der Waals surface area contributed by atoms with E-state index in [1.807, 2.05) is 6.07 Å². The average Bonchev–Trinajstić information content (AvgIpc) is 2.17. The van der Waals surface area contributed by atoms with Gasteiger partial charge in [-0.15, -0.1) is 0 Å². The van der Waals surface area contributed by atoms with Crippen molar-refractivity contribution in [3.8, 4) is 5.75 Å². The number of hydrogen-bond donors (Lipinski definition) is 1. The Morgan fingerprint density at radius 3 is 2.62 bits per heavy atom. The summed E-state index contributed by atoms with van der Waals surface area (Å²) in [7, 11) is 0. The Morgan fingerprint density at radius 2 is 2.00 bits per heavy atom. The molecule has 0 atom stereocenters. The van der Waals surface area contributed by atoms with Gasteiger partial charge in [0, 0.05) is 0 Å². The molecule has 0 aliphatic rings. The largest absolute Gasteiger partial charge is 0.493 e. The number of nitrogens with two attached hydrogens (primary N) is 1. The molecule has 0 aliphatic carbocycles. The first-order valence-corrected chi connectivity index (χ1v) is 5.00. The van der Waals surface area contributed by atoms with Crippen molar-refractivity contribution < 1.29 is 17.9 Å². The molecular formula is C11H14F3NO. The van der Waals surface area contributed by atoms with Crippen LogP contribution in [0.25, 0.3) is 0 Å². The van der Waals surface area contributed by atoms with E-state index in [1.165, 1.54) is 0 Å². The van der Waals surface area contributed by atoms with E-state index in [4.69, 9.17) is 10.5 Å². The number of alkyl halides is 3. The van der Waals surface area contributed by atoms with Crippen molar-refractivity contribution in [3.63, 3.8) is 0 Å². The highest BCUT2D eigenvalue weighted by Gasteiger charge is 2.26. The Balaban J connectivity index is 2.44. The normalized spacial score (nSPS) is 11.5. The van der Waals surface area contributed by atoms with Gasteiger partial charge in [-0.2, -0.15) is 13.2 Å². The molecule has 0 amide bonds. The lowest BCUT2D eigenvalue weighted by molar-refractivity contribution is -0.139. The Kier molecular flexibility index (Phi) is 4.61. The van der Waals surface area contributed by atoms with Gasteiger partial charge >= 0.3 is 6.18 Å². The quantitative estimate of drug-likeness (QED) is 0.848. The highest BCUT2D eigenvalue weighted by molar-refractivity contribution is 5.28. The van der Waals surface area contributed by atoms with Crippen molar-refractivity contribution in [1.82, 2.24) is 0 Å². The summed E-state index contributed by atoms with van der Waals surface area (Å²) in [6.07, 6.45) is -4.42. The zero-order chi connectivity index (χ0) is 12.0.